The fraction of sp³-hybridized carbons (Fsp3) is 0.556. The lowest BCUT2D eigenvalue weighted by Crippen LogP contribution is -2.23. The average molecular weight is 409 g/mol. The van der Waals surface area contributed by atoms with Crippen LogP contribution in [0.3, 0.4) is 0 Å². The minimum atomic E-state index is -0.395. The molecule has 0 aliphatic heterocycles. The van der Waals surface area contributed by atoms with Crippen molar-refractivity contribution in [2.24, 2.45) is 5.92 Å². The largest absolute Gasteiger partial charge is 0.462 e. The molecule has 0 bridgehead atoms. The number of anilines is 1. The first-order valence-electron chi connectivity index (χ1n) is 9.07. The van der Waals surface area contributed by atoms with Crippen molar-refractivity contribution in [3.63, 3.8) is 0 Å². The molecule has 27 heavy (non-hydrogen) atoms. The van der Waals surface area contributed by atoms with Crippen LogP contribution in [0.25, 0.3) is 0 Å². The summed E-state index contributed by atoms with van der Waals surface area (Å²) < 4.78 is 5.25. The summed E-state index contributed by atoms with van der Waals surface area (Å²) in [5.41, 5.74) is 1.57. The highest BCUT2D eigenvalue weighted by molar-refractivity contribution is 8.00. The van der Waals surface area contributed by atoms with E-state index in [4.69, 9.17) is 4.74 Å². The van der Waals surface area contributed by atoms with Gasteiger partial charge in [-0.25, -0.2) is 9.78 Å². The van der Waals surface area contributed by atoms with Crippen molar-refractivity contribution in [2.75, 3.05) is 11.9 Å². The second-order valence-corrected chi connectivity index (χ2v) is 9.14. The topological polar surface area (TPSA) is 97.0 Å². The molecule has 146 valence electrons. The van der Waals surface area contributed by atoms with Gasteiger partial charge in [0.2, 0.25) is 11.1 Å². The van der Waals surface area contributed by atoms with Crippen LogP contribution in [-0.2, 0) is 22.4 Å². The number of carbonyl (C=O) groups is 2. The van der Waals surface area contributed by atoms with Crippen LogP contribution < -0.4 is 5.32 Å². The summed E-state index contributed by atoms with van der Waals surface area (Å²) in [7, 11) is 0. The summed E-state index contributed by atoms with van der Waals surface area (Å²) >= 11 is 2.77. The number of thiophene rings is 1. The summed E-state index contributed by atoms with van der Waals surface area (Å²) in [5.74, 6) is 0.748. The molecule has 0 fully saturated rings. The highest BCUT2D eigenvalue weighted by atomic mass is 32.2. The molecule has 1 aliphatic rings. The van der Waals surface area contributed by atoms with Crippen molar-refractivity contribution < 1.29 is 14.3 Å². The van der Waals surface area contributed by atoms with E-state index in [1.54, 1.807) is 13.8 Å². The molecule has 9 heteroatoms. The smallest absolute Gasteiger partial charge is 0.341 e. The van der Waals surface area contributed by atoms with E-state index in [1.807, 2.05) is 6.92 Å². The molecular formula is C18H24N4O3S2. The highest BCUT2D eigenvalue weighted by Crippen LogP contribution is 2.40. The van der Waals surface area contributed by atoms with Gasteiger partial charge >= 0.3 is 5.97 Å². The molecule has 2 aromatic rings. The second-order valence-electron chi connectivity index (χ2n) is 6.73. The Morgan fingerprint density at radius 1 is 1.48 bits per heavy atom. The van der Waals surface area contributed by atoms with Crippen LogP contribution in [0.2, 0.25) is 0 Å². The van der Waals surface area contributed by atoms with Gasteiger partial charge in [0.05, 0.1) is 17.4 Å². The van der Waals surface area contributed by atoms with Crippen molar-refractivity contribution >= 4 is 40.0 Å². The van der Waals surface area contributed by atoms with E-state index in [2.05, 4.69) is 27.4 Å². The zero-order chi connectivity index (χ0) is 19.6. The molecule has 3 rings (SSSR count). The van der Waals surface area contributed by atoms with Crippen LogP contribution in [0.15, 0.2) is 5.16 Å². The predicted molar refractivity (Wildman–Crippen MR) is 107 cm³/mol. The van der Waals surface area contributed by atoms with E-state index in [-0.39, 0.29) is 11.9 Å². The molecule has 0 saturated carbocycles. The minimum Gasteiger partial charge on any atom is -0.462 e. The summed E-state index contributed by atoms with van der Waals surface area (Å²) in [6.07, 6.45) is 2.82. The fourth-order valence-electron chi connectivity index (χ4n) is 3.06. The van der Waals surface area contributed by atoms with E-state index < -0.39 is 5.25 Å². The van der Waals surface area contributed by atoms with Crippen molar-refractivity contribution in [1.82, 2.24) is 15.2 Å². The molecule has 2 N–H and O–H groups in total. The van der Waals surface area contributed by atoms with Gasteiger partial charge < -0.3 is 10.1 Å². The van der Waals surface area contributed by atoms with Gasteiger partial charge in [-0.15, -0.1) is 16.4 Å². The molecule has 1 aliphatic carbocycles. The molecule has 2 aromatic heterocycles. The molecule has 7 nitrogen and oxygen atoms in total. The third-order valence-electron chi connectivity index (χ3n) is 4.46. The number of aromatic nitrogens is 3. The van der Waals surface area contributed by atoms with Gasteiger partial charge in [-0.05, 0) is 51.5 Å². The molecule has 0 saturated heterocycles. The summed E-state index contributed by atoms with van der Waals surface area (Å²) in [6, 6.07) is 0. The standard InChI is InChI=1S/C18H24N4O3S2/c1-5-25-17(24)14-12-7-6-9(2)8-13(12)27-16(14)20-15(23)10(3)26-18-19-11(4)21-22-18/h9-10H,5-8H2,1-4H3,(H,20,23)(H,19,21,22)/t9-,10-/m1/s1. The molecule has 0 spiro atoms. The van der Waals surface area contributed by atoms with Gasteiger partial charge in [-0.1, -0.05) is 18.7 Å². The maximum atomic E-state index is 12.7. The molecule has 0 aromatic carbocycles. The average Bonchev–Trinajstić information content (AvgIpc) is 3.17. The summed E-state index contributed by atoms with van der Waals surface area (Å²) in [4.78, 5) is 30.6. The number of hydrogen-bond donors (Lipinski definition) is 2. The Labute approximate surface area is 166 Å². The fourth-order valence-corrected chi connectivity index (χ4v) is 5.23. The number of nitrogens with zero attached hydrogens (tertiary/aromatic N) is 2. The monoisotopic (exact) mass is 408 g/mol. The number of nitrogens with one attached hydrogen (secondary N) is 2. The maximum Gasteiger partial charge on any atom is 0.341 e. The van der Waals surface area contributed by atoms with Gasteiger partial charge in [-0.3, -0.25) is 9.89 Å². The first-order valence-corrected chi connectivity index (χ1v) is 10.8. The van der Waals surface area contributed by atoms with E-state index in [0.717, 1.165) is 24.8 Å². The van der Waals surface area contributed by atoms with E-state index in [1.165, 1.54) is 28.0 Å². The Kier molecular flexibility index (Phi) is 6.21. The zero-order valence-corrected chi connectivity index (χ0v) is 17.6. The number of carbonyl (C=O) groups excluding carboxylic acids is 2. The quantitative estimate of drug-likeness (QED) is 0.560. The van der Waals surface area contributed by atoms with Crippen molar-refractivity contribution in [3.8, 4) is 0 Å². The van der Waals surface area contributed by atoms with Crippen molar-refractivity contribution in [2.45, 2.75) is 57.4 Å². The SMILES string of the molecule is CCOC(=O)c1c(NC(=O)[C@@H](C)Sc2n[nH]c(C)n2)sc2c1CC[C@@H](C)C2. The van der Waals surface area contributed by atoms with Crippen LogP contribution in [0.4, 0.5) is 5.00 Å². The summed E-state index contributed by atoms with van der Waals surface area (Å²) in [5, 5.41) is 10.5. The first kappa shape index (κ1) is 19.9. The van der Waals surface area contributed by atoms with E-state index in [0.29, 0.717) is 34.1 Å². The number of ether oxygens (including phenoxy) is 1. The number of aryl methyl sites for hydroxylation is 1. The molecule has 1 amide bonds. The Morgan fingerprint density at radius 3 is 2.93 bits per heavy atom. The summed E-state index contributed by atoms with van der Waals surface area (Å²) in [6.45, 7) is 7.91. The minimum absolute atomic E-state index is 0.181. The van der Waals surface area contributed by atoms with Crippen LogP contribution in [0, 0.1) is 12.8 Å². The van der Waals surface area contributed by atoms with Crippen molar-refractivity contribution in [3.05, 3.63) is 21.8 Å². The maximum absolute atomic E-state index is 12.7. The molecule has 2 atom stereocenters. The van der Waals surface area contributed by atoms with Gasteiger partial charge in [0.25, 0.3) is 0 Å². The van der Waals surface area contributed by atoms with Gasteiger partial charge in [0, 0.05) is 4.88 Å². The third kappa shape index (κ3) is 4.52. The molecule has 0 unspecified atom stereocenters. The van der Waals surface area contributed by atoms with Crippen LogP contribution in [-0.4, -0.2) is 38.9 Å². The molecular weight excluding hydrogens is 384 g/mol. The second kappa shape index (κ2) is 8.43. The number of amides is 1. The van der Waals surface area contributed by atoms with Gasteiger partial charge in [0.1, 0.15) is 10.8 Å². The van der Waals surface area contributed by atoms with Crippen LogP contribution >= 0.6 is 23.1 Å². The lowest BCUT2D eigenvalue weighted by atomic mass is 9.88. The Hall–Kier alpha value is -1.87. The van der Waals surface area contributed by atoms with E-state index in [9.17, 15) is 9.59 Å². The number of H-pyrrole nitrogens is 1. The Morgan fingerprint density at radius 2 is 2.26 bits per heavy atom. The number of thioether (sulfide) groups is 1. The normalized spacial score (nSPS) is 17.3. The van der Waals surface area contributed by atoms with Crippen LogP contribution in [0.5, 0.6) is 0 Å². The van der Waals surface area contributed by atoms with E-state index >= 15 is 0 Å². The lowest BCUT2D eigenvalue weighted by molar-refractivity contribution is -0.115. The Balaban J connectivity index is 1.80. The first-order chi connectivity index (χ1) is 12.9. The number of fused-ring (bicyclic) bond motifs is 1. The number of hydrogen-bond acceptors (Lipinski definition) is 7. The molecule has 2 heterocycles. The highest BCUT2D eigenvalue weighted by Gasteiger charge is 2.30. The third-order valence-corrected chi connectivity index (χ3v) is 6.59. The number of aromatic amines is 1. The van der Waals surface area contributed by atoms with Crippen LogP contribution in [0.1, 0.15) is 53.8 Å². The number of esters is 1. The van der Waals surface area contributed by atoms with Gasteiger partial charge in [-0.2, -0.15) is 0 Å². The Bertz CT molecular complexity index is 846. The molecule has 0 radical (unpaired) electrons. The van der Waals surface area contributed by atoms with Gasteiger partial charge in [0.15, 0.2) is 0 Å². The number of rotatable bonds is 6. The predicted octanol–water partition coefficient (Wildman–Crippen LogP) is 3.60. The zero-order valence-electron chi connectivity index (χ0n) is 15.9. The van der Waals surface area contributed by atoms with Crippen molar-refractivity contribution in [1.29, 1.82) is 0 Å². The lowest BCUT2D eigenvalue weighted by Gasteiger charge is -2.18.